The fraction of sp³-hybridized carbons (Fsp3) is 0.211. The minimum atomic E-state index is 0.128. The average Bonchev–Trinajstić information content (AvgIpc) is 2.53. The molecule has 2 N–H and O–H groups in total. The summed E-state index contributed by atoms with van der Waals surface area (Å²) in [5.41, 5.74) is 11.8. The molecule has 0 saturated heterocycles. The zero-order chi connectivity index (χ0) is 14.8. The van der Waals surface area contributed by atoms with Crippen LogP contribution in [-0.4, -0.2) is 4.98 Å². The number of rotatable bonds is 3. The highest BCUT2D eigenvalue weighted by atomic mass is 14.7. The maximum atomic E-state index is 6.06. The summed E-state index contributed by atoms with van der Waals surface area (Å²) in [5, 5.41) is 1.17. The second-order valence-electron chi connectivity index (χ2n) is 5.50. The maximum Gasteiger partial charge on any atom is 0.0705 e. The topological polar surface area (TPSA) is 38.9 Å². The molecule has 0 radical (unpaired) electrons. The molecule has 1 atom stereocenters. The average molecular weight is 276 g/mol. The van der Waals surface area contributed by atoms with Crippen molar-refractivity contribution in [1.29, 1.82) is 0 Å². The maximum absolute atomic E-state index is 6.06. The van der Waals surface area contributed by atoms with Crippen molar-refractivity contribution in [3.8, 4) is 11.1 Å². The van der Waals surface area contributed by atoms with Gasteiger partial charge in [0.25, 0.3) is 0 Å². The van der Waals surface area contributed by atoms with Gasteiger partial charge in [-0.2, -0.15) is 0 Å². The molecular formula is C19H20N2. The molecule has 1 unspecified atom stereocenters. The zero-order valence-electron chi connectivity index (χ0n) is 12.5. The summed E-state index contributed by atoms with van der Waals surface area (Å²) in [6.45, 7) is 4.12. The van der Waals surface area contributed by atoms with Crippen LogP contribution in [0.15, 0.2) is 54.6 Å². The summed E-state index contributed by atoms with van der Waals surface area (Å²) in [4.78, 5) is 4.54. The Morgan fingerprint density at radius 1 is 0.952 bits per heavy atom. The van der Waals surface area contributed by atoms with Crippen molar-refractivity contribution >= 4 is 10.9 Å². The fourth-order valence-corrected chi connectivity index (χ4v) is 2.57. The molecule has 1 heterocycles. The van der Waals surface area contributed by atoms with E-state index in [0.29, 0.717) is 0 Å². The van der Waals surface area contributed by atoms with Gasteiger partial charge in [-0.25, -0.2) is 0 Å². The van der Waals surface area contributed by atoms with Gasteiger partial charge < -0.3 is 5.73 Å². The Morgan fingerprint density at radius 3 is 2.38 bits per heavy atom. The van der Waals surface area contributed by atoms with Crippen molar-refractivity contribution in [2.75, 3.05) is 0 Å². The van der Waals surface area contributed by atoms with Crippen molar-refractivity contribution in [2.45, 2.75) is 26.3 Å². The van der Waals surface area contributed by atoms with Gasteiger partial charge in [0, 0.05) is 17.1 Å². The molecule has 0 spiro atoms. The lowest BCUT2D eigenvalue weighted by atomic mass is 9.99. The molecule has 0 aliphatic carbocycles. The number of pyridine rings is 1. The standard InChI is InChI=1S/C19H20N2/c1-3-18(20)15-8-6-14(7-9-15)16-10-11-19-17(12-16)5-4-13(2)21-19/h4-12,18H,3,20H2,1-2H3. The van der Waals surface area contributed by atoms with E-state index < -0.39 is 0 Å². The SMILES string of the molecule is CCC(N)c1ccc(-c2ccc3nc(C)ccc3c2)cc1. The van der Waals surface area contributed by atoms with Crippen molar-refractivity contribution in [3.63, 3.8) is 0 Å². The highest BCUT2D eigenvalue weighted by Gasteiger charge is 2.05. The number of benzene rings is 2. The first-order valence-electron chi connectivity index (χ1n) is 7.40. The minimum Gasteiger partial charge on any atom is -0.324 e. The normalized spacial score (nSPS) is 12.5. The molecule has 21 heavy (non-hydrogen) atoms. The van der Waals surface area contributed by atoms with E-state index >= 15 is 0 Å². The van der Waals surface area contributed by atoms with Gasteiger partial charge in [-0.3, -0.25) is 4.98 Å². The van der Waals surface area contributed by atoms with Crippen LogP contribution < -0.4 is 5.73 Å². The third-order valence-electron chi connectivity index (χ3n) is 3.94. The molecule has 2 aromatic carbocycles. The van der Waals surface area contributed by atoms with Crippen molar-refractivity contribution in [2.24, 2.45) is 5.73 Å². The third-order valence-corrected chi connectivity index (χ3v) is 3.94. The Morgan fingerprint density at radius 2 is 1.67 bits per heavy atom. The zero-order valence-corrected chi connectivity index (χ0v) is 12.5. The van der Waals surface area contributed by atoms with Gasteiger partial charge in [-0.1, -0.05) is 43.3 Å². The largest absolute Gasteiger partial charge is 0.324 e. The lowest BCUT2D eigenvalue weighted by Crippen LogP contribution is -2.07. The van der Waals surface area contributed by atoms with Gasteiger partial charge in [0.15, 0.2) is 0 Å². The smallest absolute Gasteiger partial charge is 0.0705 e. The number of aromatic nitrogens is 1. The lowest BCUT2D eigenvalue weighted by Gasteiger charge is -2.10. The van der Waals surface area contributed by atoms with E-state index in [4.69, 9.17) is 5.73 Å². The molecule has 2 nitrogen and oxygen atoms in total. The van der Waals surface area contributed by atoms with Crippen LogP contribution in [0, 0.1) is 6.92 Å². The second kappa shape index (κ2) is 5.66. The predicted octanol–water partition coefficient (Wildman–Crippen LogP) is 4.62. The van der Waals surface area contributed by atoms with E-state index in [1.165, 1.54) is 22.1 Å². The summed E-state index contributed by atoms with van der Waals surface area (Å²) in [7, 11) is 0. The molecular weight excluding hydrogens is 256 g/mol. The van der Waals surface area contributed by atoms with E-state index in [1.807, 2.05) is 6.92 Å². The number of nitrogens with zero attached hydrogens (tertiary/aromatic N) is 1. The van der Waals surface area contributed by atoms with Crippen LogP contribution in [0.5, 0.6) is 0 Å². The Balaban J connectivity index is 1.98. The molecule has 0 saturated carbocycles. The second-order valence-corrected chi connectivity index (χ2v) is 5.50. The highest BCUT2D eigenvalue weighted by molar-refractivity contribution is 5.84. The predicted molar refractivity (Wildman–Crippen MR) is 89.1 cm³/mol. The molecule has 0 fully saturated rings. The van der Waals surface area contributed by atoms with Crippen molar-refractivity contribution < 1.29 is 0 Å². The number of hydrogen-bond acceptors (Lipinski definition) is 2. The van der Waals surface area contributed by atoms with Crippen LogP contribution in [-0.2, 0) is 0 Å². The summed E-state index contributed by atoms with van der Waals surface area (Å²) < 4.78 is 0. The molecule has 0 aliphatic heterocycles. The first-order chi connectivity index (χ1) is 10.2. The van der Waals surface area contributed by atoms with Crippen LogP contribution in [0.1, 0.15) is 30.6 Å². The van der Waals surface area contributed by atoms with Gasteiger partial charge in [-0.05, 0) is 48.2 Å². The summed E-state index contributed by atoms with van der Waals surface area (Å²) in [6, 6.07) is 19.3. The quantitative estimate of drug-likeness (QED) is 0.758. The minimum absolute atomic E-state index is 0.128. The van der Waals surface area contributed by atoms with Crippen LogP contribution in [0.25, 0.3) is 22.0 Å². The molecule has 2 heteroatoms. The highest BCUT2D eigenvalue weighted by Crippen LogP contribution is 2.25. The number of aryl methyl sites for hydroxylation is 1. The van der Waals surface area contributed by atoms with Crippen LogP contribution in [0.3, 0.4) is 0 Å². The molecule has 3 rings (SSSR count). The number of nitrogens with two attached hydrogens (primary N) is 1. The van der Waals surface area contributed by atoms with Gasteiger partial charge in [-0.15, -0.1) is 0 Å². The first kappa shape index (κ1) is 13.8. The van der Waals surface area contributed by atoms with Gasteiger partial charge >= 0.3 is 0 Å². The number of fused-ring (bicyclic) bond motifs is 1. The molecule has 0 aliphatic rings. The summed E-state index contributed by atoms with van der Waals surface area (Å²) in [6.07, 6.45) is 0.959. The van der Waals surface area contributed by atoms with Gasteiger partial charge in [0.05, 0.1) is 5.52 Å². The Kier molecular flexibility index (Phi) is 3.72. The van der Waals surface area contributed by atoms with Gasteiger partial charge in [0.1, 0.15) is 0 Å². The molecule has 106 valence electrons. The Labute approximate surface area is 125 Å². The summed E-state index contributed by atoms with van der Waals surface area (Å²) in [5.74, 6) is 0. The molecule has 0 amide bonds. The van der Waals surface area contributed by atoms with E-state index in [2.05, 4.69) is 66.5 Å². The van der Waals surface area contributed by atoms with Crippen molar-refractivity contribution in [1.82, 2.24) is 4.98 Å². The van der Waals surface area contributed by atoms with E-state index in [9.17, 15) is 0 Å². The Bertz CT molecular complexity index is 760. The summed E-state index contributed by atoms with van der Waals surface area (Å²) >= 11 is 0. The number of hydrogen-bond donors (Lipinski definition) is 1. The first-order valence-corrected chi connectivity index (χ1v) is 7.40. The van der Waals surface area contributed by atoms with Crippen molar-refractivity contribution in [3.05, 3.63) is 65.9 Å². The van der Waals surface area contributed by atoms with Crippen LogP contribution in [0.2, 0.25) is 0 Å². The fourth-order valence-electron chi connectivity index (χ4n) is 2.57. The van der Waals surface area contributed by atoms with Crippen LogP contribution >= 0.6 is 0 Å². The van der Waals surface area contributed by atoms with Crippen LogP contribution in [0.4, 0.5) is 0 Å². The molecule has 3 aromatic rings. The van der Waals surface area contributed by atoms with E-state index in [0.717, 1.165) is 17.6 Å². The Hall–Kier alpha value is -2.19. The molecule has 0 bridgehead atoms. The van der Waals surface area contributed by atoms with E-state index in [-0.39, 0.29) is 6.04 Å². The lowest BCUT2D eigenvalue weighted by molar-refractivity contribution is 0.699. The van der Waals surface area contributed by atoms with Gasteiger partial charge in [0.2, 0.25) is 0 Å². The molecule has 1 aromatic heterocycles. The monoisotopic (exact) mass is 276 g/mol. The third kappa shape index (κ3) is 2.81. The van der Waals surface area contributed by atoms with E-state index in [1.54, 1.807) is 0 Å².